The molecule has 2 rings (SSSR count). The van der Waals surface area contributed by atoms with Crippen LogP contribution in [0.25, 0.3) is 11.1 Å². The van der Waals surface area contributed by atoms with Crippen LogP contribution in [0.3, 0.4) is 0 Å². The van der Waals surface area contributed by atoms with Crippen molar-refractivity contribution in [2.24, 2.45) is 0 Å². The smallest absolute Gasteiger partial charge is 0.127 e. The summed E-state index contributed by atoms with van der Waals surface area (Å²) < 4.78 is 0. The minimum Gasteiger partial charge on any atom is -0.507 e. The minimum absolute atomic E-state index is 0.0349. The van der Waals surface area contributed by atoms with Crippen LogP contribution in [0.2, 0.25) is 0 Å². The second-order valence-electron chi connectivity index (χ2n) is 7.94. The molecular formula is C20H26O2. The Morgan fingerprint density at radius 3 is 1.82 bits per heavy atom. The summed E-state index contributed by atoms with van der Waals surface area (Å²) in [6.07, 6.45) is 0. The molecule has 0 aliphatic rings. The summed E-state index contributed by atoms with van der Waals surface area (Å²) in [7, 11) is 0. The first-order chi connectivity index (χ1) is 10.0. The first-order valence-corrected chi connectivity index (χ1v) is 7.68. The SMILES string of the molecule is CC(C)(C)c1cc(-c2ccccc2O)c(O)c(C(C)(C)C)c1. The van der Waals surface area contributed by atoms with Crippen LogP contribution in [-0.4, -0.2) is 10.2 Å². The van der Waals surface area contributed by atoms with Gasteiger partial charge in [0, 0.05) is 16.7 Å². The largest absolute Gasteiger partial charge is 0.507 e. The van der Waals surface area contributed by atoms with Crippen LogP contribution in [0.5, 0.6) is 11.5 Å². The highest BCUT2D eigenvalue weighted by molar-refractivity contribution is 5.78. The third kappa shape index (κ3) is 3.11. The van der Waals surface area contributed by atoms with Crippen LogP contribution in [-0.2, 0) is 10.8 Å². The van der Waals surface area contributed by atoms with Crippen LogP contribution in [0, 0.1) is 0 Å². The van der Waals surface area contributed by atoms with Crippen molar-refractivity contribution >= 4 is 0 Å². The molecule has 0 amide bonds. The summed E-state index contributed by atoms with van der Waals surface area (Å²) >= 11 is 0. The second kappa shape index (κ2) is 5.35. The lowest BCUT2D eigenvalue weighted by Crippen LogP contribution is -2.17. The van der Waals surface area contributed by atoms with E-state index in [1.807, 2.05) is 18.2 Å². The molecule has 2 N–H and O–H groups in total. The summed E-state index contributed by atoms with van der Waals surface area (Å²) in [5, 5.41) is 20.9. The van der Waals surface area contributed by atoms with Crippen molar-refractivity contribution in [3.05, 3.63) is 47.5 Å². The van der Waals surface area contributed by atoms with Gasteiger partial charge in [-0.1, -0.05) is 65.8 Å². The molecule has 0 saturated heterocycles. The molecule has 0 spiro atoms. The number of hydrogen-bond acceptors (Lipinski definition) is 2. The molecule has 0 fully saturated rings. The van der Waals surface area contributed by atoms with Gasteiger partial charge < -0.3 is 10.2 Å². The molecule has 2 nitrogen and oxygen atoms in total. The quantitative estimate of drug-likeness (QED) is 0.744. The van der Waals surface area contributed by atoms with Crippen molar-refractivity contribution in [1.29, 1.82) is 0 Å². The molecule has 0 radical (unpaired) electrons. The molecule has 2 aromatic rings. The summed E-state index contributed by atoms with van der Waals surface area (Å²) in [4.78, 5) is 0. The van der Waals surface area contributed by atoms with Gasteiger partial charge in [0.25, 0.3) is 0 Å². The highest BCUT2D eigenvalue weighted by atomic mass is 16.3. The molecule has 0 aromatic heterocycles. The van der Waals surface area contributed by atoms with Gasteiger partial charge in [-0.15, -0.1) is 0 Å². The lowest BCUT2D eigenvalue weighted by Gasteiger charge is -2.27. The van der Waals surface area contributed by atoms with Crippen molar-refractivity contribution < 1.29 is 10.2 Å². The minimum atomic E-state index is -0.176. The van der Waals surface area contributed by atoms with Crippen molar-refractivity contribution in [3.63, 3.8) is 0 Å². The maximum atomic E-state index is 10.8. The molecule has 0 aliphatic heterocycles. The zero-order valence-corrected chi connectivity index (χ0v) is 14.4. The Hall–Kier alpha value is -1.96. The van der Waals surface area contributed by atoms with Gasteiger partial charge in [0.15, 0.2) is 0 Å². The van der Waals surface area contributed by atoms with Crippen LogP contribution >= 0.6 is 0 Å². The second-order valence-corrected chi connectivity index (χ2v) is 7.94. The van der Waals surface area contributed by atoms with Gasteiger partial charge in [0.2, 0.25) is 0 Å². The predicted octanol–water partition coefficient (Wildman–Crippen LogP) is 5.36. The Morgan fingerprint density at radius 2 is 1.32 bits per heavy atom. The molecule has 0 saturated carbocycles. The molecule has 118 valence electrons. The van der Waals surface area contributed by atoms with E-state index in [9.17, 15) is 10.2 Å². The molecule has 2 heteroatoms. The Labute approximate surface area is 133 Å². The van der Waals surface area contributed by atoms with Gasteiger partial charge in [-0.2, -0.15) is 0 Å². The van der Waals surface area contributed by atoms with Crippen LogP contribution < -0.4 is 0 Å². The summed E-state index contributed by atoms with van der Waals surface area (Å²) in [6, 6.07) is 11.2. The van der Waals surface area contributed by atoms with E-state index in [1.165, 1.54) is 0 Å². The molecule has 2 aromatic carbocycles. The van der Waals surface area contributed by atoms with Gasteiger partial charge >= 0.3 is 0 Å². The van der Waals surface area contributed by atoms with Crippen molar-refractivity contribution in [3.8, 4) is 22.6 Å². The number of hydrogen-bond donors (Lipinski definition) is 2. The molecule has 0 bridgehead atoms. The normalized spacial score (nSPS) is 12.5. The molecule has 22 heavy (non-hydrogen) atoms. The first kappa shape index (κ1) is 16.4. The summed E-state index contributed by atoms with van der Waals surface area (Å²) in [6.45, 7) is 12.7. The highest BCUT2D eigenvalue weighted by Gasteiger charge is 2.26. The number of para-hydroxylation sites is 1. The van der Waals surface area contributed by atoms with Gasteiger partial charge in [-0.3, -0.25) is 0 Å². The topological polar surface area (TPSA) is 40.5 Å². The highest BCUT2D eigenvalue weighted by Crippen LogP contribution is 2.44. The van der Waals surface area contributed by atoms with Crippen LogP contribution in [0.4, 0.5) is 0 Å². The van der Waals surface area contributed by atoms with Gasteiger partial charge in [0.1, 0.15) is 11.5 Å². The molecule has 0 atom stereocenters. The lowest BCUT2D eigenvalue weighted by molar-refractivity contribution is 0.444. The monoisotopic (exact) mass is 298 g/mol. The van der Waals surface area contributed by atoms with E-state index >= 15 is 0 Å². The van der Waals surface area contributed by atoms with Gasteiger partial charge in [-0.05, 0) is 28.5 Å². The van der Waals surface area contributed by atoms with E-state index in [4.69, 9.17) is 0 Å². The fourth-order valence-corrected chi connectivity index (χ4v) is 2.55. The lowest BCUT2D eigenvalue weighted by atomic mass is 9.78. The Kier molecular flexibility index (Phi) is 3.99. The van der Waals surface area contributed by atoms with Crippen LogP contribution in [0.1, 0.15) is 52.7 Å². The van der Waals surface area contributed by atoms with E-state index in [1.54, 1.807) is 12.1 Å². The van der Waals surface area contributed by atoms with E-state index in [0.29, 0.717) is 11.1 Å². The molecule has 0 heterocycles. The average Bonchev–Trinajstić information content (AvgIpc) is 2.37. The number of benzene rings is 2. The Morgan fingerprint density at radius 1 is 0.727 bits per heavy atom. The summed E-state index contributed by atoms with van der Waals surface area (Å²) in [5.41, 5.74) is 3.19. The summed E-state index contributed by atoms with van der Waals surface area (Å²) in [5.74, 6) is 0.436. The van der Waals surface area contributed by atoms with Crippen molar-refractivity contribution in [2.75, 3.05) is 0 Å². The van der Waals surface area contributed by atoms with Gasteiger partial charge in [-0.25, -0.2) is 0 Å². The first-order valence-electron chi connectivity index (χ1n) is 7.68. The fraction of sp³-hybridized carbons (Fsp3) is 0.400. The third-order valence-corrected chi connectivity index (χ3v) is 3.98. The maximum absolute atomic E-state index is 10.8. The average molecular weight is 298 g/mol. The van der Waals surface area contributed by atoms with Crippen molar-refractivity contribution in [2.45, 2.75) is 52.4 Å². The van der Waals surface area contributed by atoms with E-state index in [2.05, 4.69) is 47.6 Å². The number of phenols is 2. The van der Waals surface area contributed by atoms with Crippen LogP contribution in [0.15, 0.2) is 36.4 Å². The van der Waals surface area contributed by atoms with E-state index in [0.717, 1.165) is 11.1 Å². The number of rotatable bonds is 1. The zero-order valence-electron chi connectivity index (χ0n) is 14.4. The predicted molar refractivity (Wildman–Crippen MR) is 92.6 cm³/mol. The number of aromatic hydroxyl groups is 2. The van der Waals surface area contributed by atoms with E-state index in [-0.39, 0.29) is 22.3 Å². The van der Waals surface area contributed by atoms with Gasteiger partial charge in [0.05, 0.1) is 0 Å². The Bertz CT molecular complexity index is 686. The van der Waals surface area contributed by atoms with Crippen molar-refractivity contribution in [1.82, 2.24) is 0 Å². The standard InChI is InChI=1S/C20H26O2/c1-19(2,3)13-11-15(14-9-7-8-10-17(14)21)18(22)16(12-13)20(4,5)6/h7-12,21-22H,1-6H3. The zero-order chi connectivity index (χ0) is 16.7. The molecule has 0 unspecified atom stereocenters. The Balaban J connectivity index is 2.82. The molecule has 0 aliphatic carbocycles. The maximum Gasteiger partial charge on any atom is 0.127 e. The number of phenolic OH excluding ortho intramolecular Hbond substituents is 2. The third-order valence-electron chi connectivity index (χ3n) is 3.98. The van der Waals surface area contributed by atoms with E-state index < -0.39 is 0 Å². The molecular weight excluding hydrogens is 272 g/mol. The fourth-order valence-electron chi connectivity index (χ4n) is 2.55.